The zero-order chi connectivity index (χ0) is 20.7. The SMILES string of the molecule is N#C/C(=C\c1cc2c(cc1Br)OCO2)c1nc(-c2cc3ccccc3oc2=O)cs1. The fourth-order valence-electron chi connectivity index (χ4n) is 3.10. The molecule has 4 aromatic rings. The highest BCUT2D eigenvalue weighted by Gasteiger charge is 2.17. The normalized spacial score (nSPS) is 12.9. The Morgan fingerprint density at radius 2 is 2.00 bits per heavy atom. The van der Waals surface area contributed by atoms with Gasteiger partial charge in [0, 0.05) is 15.2 Å². The maximum atomic E-state index is 12.4. The number of fused-ring (bicyclic) bond motifs is 2. The molecule has 0 saturated heterocycles. The van der Waals surface area contributed by atoms with Crippen molar-refractivity contribution in [2.24, 2.45) is 0 Å². The van der Waals surface area contributed by atoms with Gasteiger partial charge >= 0.3 is 5.63 Å². The molecule has 0 unspecified atom stereocenters. The van der Waals surface area contributed by atoms with Crippen LogP contribution in [0.2, 0.25) is 0 Å². The molecule has 0 atom stereocenters. The van der Waals surface area contributed by atoms with Gasteiger partial charge in [-0.1, -0.05) is 34.1 Å². The van der Waals surface area contributed by atoms with Crippen LogP contribution in [0.5, 0.6) is 11.5 Å². The van der Waals surface area contributed by atoms with Crippen molar-refractivity contribution < 1.29 is 13.9 Å². The minimum Gasteiger partial charge on any atom is -0.454 e. The molecule has 0 fully saturated rings. The highest BCUT2D eigenvalue weighted by atomic mass is 79.9. The predicted molar refractivity (Wildman–Crippen MR) is 117 cm³/mol. The van der Waals surface area contributed by atoms with Crippen molar-refractivity contribution in [1.82, 2.24) is 4.98 Å². The molecule has 0 radical (unpaired) electrons. The molecule has 3 heterocycles. The number of hydrogen-bond donors (Lipinski definition) is 0. The van der Waals surface area contributed by atoms with Crippen LogP contribution < -0.4 is 15.1 Å². The van der Waals surface area contributed by atoms with Gasteiger partial charge in [-0.3, -0.25) is 0 Å². The molecule has 0 saturated carbocycles. The number of allylic oxidation sites excluding steroid dienone is 1. The van der Waals surface area contributed by atoms with E-state index in [9.17, 15) is 10.1 Å². The second-order valence-electron chi connectivity index (χ2n) is 6.42. The first-order valence-corrected chi connectivity index (χ1v) is 10.5. The number of aromatic nitrogens is 1. The topological polar surface area (TPSA) is 85.3 Å². The summed E-state index contributed by atoms with van der Waals surface area (Å²) in [5.74, 6) is 1.27. The largest absolute Gasteiger partial charge is 0.454 e. The molecular weight excluding hydrogens is 468 g/mol. The molecule has 0 amide bonds. The lowest BCUT2D eigenvalue weighted by Gasteiger charge is -2.03. The molecule has 6 nitrogen and oxygen atoms in total. The number of nitrogens with zero attached hydrogens (tertiary/aromatic N) is 2. The van der Waals surface area contributed by atoms with E-state index in [1.807, 2.05) is 18.2 Å². The van der Waals surface area contributed by atoms with Gasteiger partial charge in [0.05, 0.1) is 16.8 Å². The van der Waals surface area contributed by atoms with Crippen molar-refractivity contribution in [2.45, 2.75) is 0 Å². The number of benzene rings is 2. The lowest BCUT2D eigenvalue weighted by Crippen LogP contribution is -2.02. The van der Waals surface area contributed by atoms with Gasteiger partial charge in [0.2, 0.25) is 6.79 Å². The average Bonchev–Trinajstić information content (AvgIpc) is 3.41. The number of hydrogen-bond acceptors (Lipinski definition) is 7. The first kappa shape index (κ1) is 18.6. The fraction of sp³-hybridized carbons (Fsp3) is 0.0455. The summed E-state index contributed by atoms with van der Waals surface area (Å²) in [7, 11) is 0. The maximum Gasteiger partial charge on any atom is 0.345 e. The van der Waals surface area contributed by atoms with Gasteiger partial charge in [-0.25, -0.2) is 9.78 Å². The van der Waals surface area contributed by atoms with E-state index in [0.717, 1.165) is 15.4 Å². The van der Waals surface area contributed by atoms with Crippen LogP contribution >= 0.6 is 27.3 Å². The predicted octanol–water partition coefficient (Wildman–Crippen LogP) is 5.47. The summed E-state index contributed by atoms with van der Waals surface area (Å²) >= 11 is 4.78. The van der Waals surface area contributed by atoms with Crippen LogP contribution in [0.15, 0.2) is 61.5 Å². The molecule has 146 valence electrons. The van der Waals surface area contributed by atoms with Gasteiger partial charge in [0.15, 0.2) is 11.5 Å². The average molecular weight is 479 g/mol. The van der Waals surface area contributed by atoms with E-state index in [4.69, 9.17) is 13.9 Å². The van der Waals surface area contributed by atoms with Crippen molar-refractivity contribution in [3.05, 3.63) is 73.3 Å². The van der Waals surface area contributed by atoms with E-state index >= 15 is 0 Å². The Labute approximate surface area is 182 Å². The van der Waals surface area contributed by atoms with Crippen LogP contribution in [-0.4, -0.2) is 11.8 Å². The lowest BCUT2D eigenvalue weighted by molar-refractivity contribution is 0.174. The number of rotatable bonds is 3. The van der Waals surface area contributed by atoms with Gasteiger partial charge in [0.1, 0.15) is 16.7 Å². The van der Waals surface area contributed by atoms with E-state index in [1.54, 1.807) is 35.7 Å². The first-order valence-electron chi connectivity index (χ1n) is 8.82. The Kier molecular flexibility index (Phi) is 4.62. The van der Waals surface area contributed by atoms with E-state index in [-0.39, 0.29) is 6.79 Å². The van der Waals surface area contributed by atoms with Crippen molar-refractivity contribution in [3.63, 3.8) is 0 Å². The zero-order valence-electron chi connectivity index (χ0n) is 15.2. The third-order valence-electron chi connectivity index (χ3n) is 4.56. The van der Waals surface area contributed by atoms with Gasteiger partial charge in [-0.2, -0.15) is 5.26 Å². The summed E-state index contributed by atoms with van der Waals surface area (Å²) in [6.45, 7) is 0.171. The molecule has 0 spiro atoms. The van der Waals surface area contributed by atoms with Crippen molar-refractivity contribution in [1.29, 1.82) is 5.26 Å². The molecule has 2 aromatic heterocycles. The summed E-state index contributed by atoms with van der Waals surface area (Å²) in [5.41, 5.74) is 2.02. The summed E-state index contributed by atoms with van der Waals surface area (Å²) < 4.78 is 16.9. The first-order chi connectivity index (χ1) is 14.6. The Balaban J connectivity index is 1.55. The van der Waals surface area contributed by atoms with Gasteiger partial charge in [0.25, 0.3) is 0 Å². The molecule has 1 aliphatic heterocycles. The third-order valence-corrected chi connectivity index (χ3v) is 6.13. The highest BCUT2D eigenvalue weighted by molar-refractivity contribution is 9.10. The minimum absolute atomic E-state index is 0.171. The summed E-state index contributed by atoms with van der Waals surface area (Å²) in [6, 6.07) is 14.8. The monoisotopic (exact) mass is 478 g/mol. The Hall–Kier alpha value is -3.41. The lowest BCUT2D eigenvalue weighted by atomic mass is 10.1. The van der Waals surface area contributed by atoms with Crippen LogP contribution in [0.4, 0.5) is 0 Å². The summed E-state index contributed by atoms with van der Waals surface area (Å²) in [6.07, 6.45) is 1.72. The Bertz CT molecular complexity index is 1430. The minimum atomic E-state index is -0.466. The number of ether oxygens (including phenoxy) is 2. The smallest absolute Gasteiger partial charge is 0.345 e. The van der Waals surface area contributed by atoms with Crippen molar-refractivity contribution >= 4 is 49.9 Å². The van der Waals surface area contributed by atoms with E-state index < -0.39 is 5.63 Å². The van der Waals surface area contributed by atoms with Crippen molar-refractivity contribution in [3.8, 4) is 28.8 Å². The molecule has 30 heavy (non-hydrogen) atoms. The number of nitriles is 1. The van der Waals surface area contributed by atoms with Crippen LogP contribution in [0.1, 0.15) is 10.6 Å². The molecule has 0 aliphatic carbocycles. The second-order valence-corrected chi connectivity index (χ2v) is 8.13. The van der Waals surface area contributed by atoms with Crippen LogP contribution in [0.3, 0.4) is 0 Å². The quantitative estimate of drug-likeness (QED) is 0.286. The molecule has 5 rings (SSSR count). The van der Waals surface area contributed by atoms with Gasteiger partial charge in [-0.05, 0) is 35.9 Å². The molecule has 1 aliphatic rings. The fourth-order valence-corrected chi connectivity index (χ4v) is 4.32. The van der Waals surface area contributed by atoms with Gasteiger partial charge in [-0.15, -0.1) is 11.3 Å². The van der Waals surface area contributed by atoms with E-state index in [2.05, 4.69) is 27.0 Å². The summed E-state index contributed by atoms with van der Waals surface area (Å²) in [4.78, 5) is 16.9. The Morgan fingerprint density at radius 1 is 1.20 bits per heavy atom. The van der Waals surface area contributed by atoms with Crippen molar-refractivity contribution in [2.75, 3.05) is 6.79 Å². The molecule has 0 N–H and O–H groups in total. The van der Waals surface area contributed by atoms with E-state index in [0.29, 0.717) is 38.9 Å². The highest BCUT2D eigenvalue weighted by Crippen LogP contribution is 2.38. The molecular formula is C22H11BrN2O4S. The second kappa shape index (κ2) is 7.44. The Morgan fingerprint density at radius 3 is 2.83 bits per heavy atom. The van der Waals surface area contributed by atoms with Crippen LogP contribution in [0, 0.1) is 11.3 Å². The van der Waals surface area contributed by atoms with Crippen LogP contribution in [-0.2, 0) is 0 Å². The van der Waals surface area contributed by atoms with Gasteiger partial charge < -0.3 is 13.9 Å². The number of para-hydroxylation sites is 1. The molecule has 2 aromatic carbocycles. The zero-order valence-corrected chi connectivity index (χ0v) is 17.6. The van der Waals surface area contributed by atoms with E-state index in [1.165, 1.54) is 11.3 Å². The maximum absolute atomic E-state index is 12.4. The summed E-state index contributed by atoms with van der Waals surface area (Å²) in [5, 5.41) is 12.8. The molecule has 8 heteroatoms. The van der Waals surface area contributed by atoms with Crippen LogP contribution in [0.25, 0.3) is 33.9 Å². The molecule has 0 bridgehead atoms. The number of thiazole rings is 1. The standard InChI is InChI=1S/C22H11BrN2O4S/c23-16-8-20-19(27-11-28-20)7-13(16)5-14(9-24)21-25-17(10-30-21)15-6-12-3-1-2-4-18(12)29-22(15)26/h1-8,10H,11H2/b14-5+. The third kappa shape index (κ3) is 3.28. The number of halogens is 1.